The topological polar surface area (TPSA) is 78.4 Å². The minimum absolute atomic E-state index is 0.0562. The van der Waals surface area contributed by atoms with E-state index in [-0.39, 0.29) is 11.9 Å². The van der Waals surface area contributed by atoms with Crippen LogP contribution in [0.5, 0.6) is 5.75 Å². The van der Waals surface area contributed by atoms with Gasteiger partial charge in [0.05, 0.1) is 6.20 Å². The molecule has 0 aliphatic carbocycles. The van der Waals surface area contributed by atoms with Crippen LogP contribution in [0.4, 0.5) is 0 Å². The second-order valence-corrected chi connectivity index (χ2v) is 6.34. The number of carbonyl (C=O) groups excluding carboxylic acids is 1. The Bertz CT molecular complexity index is 700. The molecule has 6 nitrogen and oxygen atoms in total. The van der Waals surface area contributed by atoms with E-state index < -0.39 is 0 Å². The summed E-state index contributed by atoms with van der Waals surface area (Å²) in [6.45, 7) is 3.51. The SMILES string of the molecule is CC[C@H](NC1CCN(C(=O)c2cnccn2)CC1)c1ccccc1O. The van der Waals surface area contributed by atoms with Gasteiger partial charge < -0.3 is 15.3 Å². The van der Waals surface area contributed by atoms with E-state index in [9.17, 15) is 9.90 Å². The third-order valence-electron chi connectivity index (χ3n) is 4.72. The molecule has 1 aromatic heterocycles. The van der Waals surface area contributed by atoms with Gasteiger partial charge in [-0.05, 0) is 25.3 Å². The van der Waals surface area contributed by atoms with Crippen LogP contribution in [0.15, 0.2) is 42.9 Å². The summed E-state index contributed by atoms with van der Waals surface area (Å²) in [5, 5.41) is 13.7. The highest BCUT2D eigenvalue weighted by Crippen LogP contribution is 2.27. The number of amides is 1. The van der Waals surface area contributed by atoms with Crippen molar-refractivity contribution in [1.82, 2.24) is 20.2 Å². The van der Waals surface area contributed by atoms with Crippen LogP contribution in [-0.4, -0.2) is 45.0 Å². The van der Waals surface area contributed by atoms with Gasteiger partial charge in [-0.25, -0.2) is 4.98 Å². The Kier molecular flexibility index (Phi) is 5.60. The van der Waals surface area contributed by atoms with Crippen molar-refractivity contribution < 1.29 is 9.90 Å². The number of piperidine rings is 1. The summed E-state index contributed by atoms with van der Waals surface area (Å²) in [6.07, 6.45) is 7.29. The number of phenols is 1. The Labute approximate surface area is 147 Å². The number of hydrogen-bond donors (Lipinski definition) is 2. The Morgan fingerprint density at radius 1 is 1.32 bits per heavy atom. The van der Waals surface area contributed by atoms with E-state index in [0.29, 0.717) is 30.6 Å². The van der Waals surface area contributed by atoms with Crippen LogP contribution < -0.4 is 5.32 Å². The van der Waals surface area contributed by atoms with E-state index >= 15 is 0 Å². The van der Waals surface area contributed by atoms with Gasteiger partial charge in [-0.15, -0.1) is 0 Å². The molecule has 3 rings (SSSR count). The van der Waals surface area contributed by atoms with Crippen LogP contribution in [0, 0.1) is 0 Å². The van der Waals surface area contributed by atoms with Gasteiger partial charge in [0, 0.05) is 43.1 Å². The summed E-state index contributed by atoms with van der Waals surface area (Å²) in [6, 6.07) is 7.92. The molecule has 0 spiro atoms. The fourth-order valence-electron chi connectivity index (χ4n) is 3.32. The first-order valence-corrected chi connectivity index (χ1v) is 8.78. The van der Waals surface area contributed by atoms with Gasteiger partial charge in [0.15, 0.2) is 0 Å². The lowest BCUT2D eigenvalue weighted by Crippen LogP contribution is -2.46. The highest BCUT2D eigenvalue weighted by Gasteiger charge is 2.26. The second-order valence-electron chi connectivity index (χ2n) is 6.34. The molecule has 132 valence electrons. The van der Waals surface area contributed by atoms with Crippen molar-refractivity contribution in [1.29, 1.82) is 0 Å². The van der Waals surface area contributed by atoms with Gasteiger partial charge in [-0.2, -0.15) is 0 Å². The van der Waals surface area contributed by atoms with Gasteiger partial charge in [0.25, 0.3) is 5.91 Å². The van der Waals surface area contributed by atoms with Crippen LogP contribution >= 0.6 is 0 Å². The number of likely N-dealkylation sites (tertiary alicyclic amines) is 1. The summed E-state index contributed by atoms with van der Waals surface area (Å²) in [7, 11) is 0. The van der Waals surface area contributed by atoms with E-state index in [1.165, 1.54) is 6.20 Å². The zero-order chi connectivity index (χ0) is 17.6. The smallest absolute Gasteiger partial charge is 0.274 e. The molecule has 0 saturated carbocycles. The molecule has 1 aromatic carbocycles. The lowest BCUT2D eigenvalue weighted by Gasteiger charge is -2.34. The maximum absolute atomic E-state index is 12.4. The lowest BCUT2D eigenvalue weighted by molar-refractivity contribution is 0.0695. The molecule has 0 unspecified atom stereocenters. The molecule has 2 N–H and O–H groups in total. The fraction of sp³-hybridized carbons (Fsp3) is 0.421. The largest absolute Gasteiger partial charge is 0.508 e. The molecular weight excluding hydrogens is 316 g/mol. The minimum Gasteiger partial charge on any atom is -0.508 e. The number of para-hydroxylation sites is 1. The van der Waals surface area contributed by atoms with Gasteiger partial charge >= 0.3 is 0 Å². The fourth-order valence-corrected chi connectivity index (χ4v) is 3.32. The van der Waals surface area contributed by atoms with Crippen LogP contribution in [-0.2, 0) is 0 Å². The van der Waals surface area contributed by atoms with Crippen LogP contribution in [0.25, 0.3) is 0 Å². The quantitative estimate of drug-likeness (QED) is 0.874. The number of hydrogen-bond acceptors (Lipinski definition) is 5. The van der Waals surface area contributed by atoms with E-state index in [4.69, 9.17) is 0 Å². The summed E-state index contributed by atoms with van der Waals surface area (Å²) in [5.74, 6) is 0.274. The molecule has 1 amide bonds. The lowest BCUT2D eigenvalue weighted by atomic mass is 9.98. The second kappa shape index (κ2) is 8.07. The number of aromatic nitrogens is 2. The van der Waals surface area contributed by atoms with Crippen molar-refractivity contribution in [3.63, 3.8) is 0 Å². The minimum atomic E-state index is -0.0562. The molecule has 2 heterocycles. The number of benzene rings is 1. The van der Waals surface area contributed by atoms with Gasteiger partial charge in [0.2, 0.25) is 0 Å². The standard InChI is InChI=1S/C19H24N4O2/c1-2-16(15-5-3-4-6-18(15)24)22-14-7-11-23(12-8-14)19(25)17-13-20-9-10-21-17/h3-6,9-10,13-14,16,22,24H,2,7-8,11-12H2,1H3/t16-/m0/s1. The van der Waals surface area contributed by atoms with Crippen LogP contribution in [0.2, 0.25) is 0 Å². The molecule has 2 aromatic rings. The summed E-state index contributed by atoms with van der Waals surface area (Å²) >= 11 is 0. The van der Waals surface area contributed by atoms with Crippen molar-refractivity contribution >= 4 is 5.91 Å². The molecule has 1 fully saturated rings. The number of carbonyl (C=O) groups is 1. The maximum atomic E-state index is 12.4. The number of phenolic OH excluding ortho intramolecular Hbond substituents is 1. The third-order valence-corrected chi connectivity index (χ3v) is 4.72. The number of nitrogens with one attached hydrogen (secondary N) is 1. The first kappa shape index (κ1) is 17.4. The Morgan fingerprint density at radius 3 is 2.72 bits per heavy atom. The number of rotatable bonds is 5. The predicted molar refractivity (Wildman–Crippen MR) is 95.2 cm³/mol. The van der Waals surface area contributed by atoms with Crippen LogP contribution in [0.3, 0.4) is 0 Å². The van der Waals surface area contributed by atoms with Crippen molar-refractivity contribution in [2.45, 2.75) is 38.3 Å². The van der Waals surface area contributed by atoms with Crippen molar-refractivity contribution in [3.05, 3.63) is 54.1 Å². The predicted octanol–water partition coefficient (Wildman–Crippen LogP) is 2.53. The molecule has 0 radical (unpaired) electrons. The first-order chi connectivity index (χ1) is 12.2. The Balaban J connectivity index is 1.57. The molecule has 25 heavy (non-hydrogen) atoms. The zero-order valence-corrected chi connectivity index (χ0v) is 14.4. The molecule has 1 aliphatic heterocycles. The van der Waals surface area contributed by atoms with Gasteiger partial charge in [-0.1, -0.05) is 25.1 Å². The van der Waals surface area contributed by atoms with E-state index in [1.807, 2.05) is 23.1 Å². The van der Waals surface area contributed by atoms with E-state index in [2.05, 4.69) is 22.2 Å². The normalized spacial score (nSPS) is 16.6. The van der Waals surface area contributed by atoms with Gasteiger partial charge in [0.1, 0.15) is 11.4 Å². The van der Waals surface area contributed by atoms with Crippen LogP contribution in [0.1, 0.15) is 48.3 Å². The molecule has 1 aliphatic rings. The number of aromatic hydroxyl groups is 1. The number of nitrogens with zero attached hydrogens (tertiary/aromatic N) is 3. The van der Waals surface area contributed by atoms with Crippen molar-refractivity contribution in [3.8, 4) is 5.75 Å². The molecule has 1 atom stereocenters. The first-order valence-electron chi connectivity index (χ1n) is 8.78. The highest BCUT2D eigenvalue weighted by molar-refractivity contribution is 5.92. The van der Waals surface area contributed by atoms with Gasteiger partial charge in [-0.3, -0.25) is 9.78 Å². The highest BCUT2D eigenvalue weighted by atomic mass is 16.3. The summed E-state index contributed by atoms with van der Waals surface area (Å²) in [5.41, 5.74) is 1.33. The van der Waals surface area contributed by atoms with E-state index in [1.54, 1.807) is 18.5 Å². The Hall–Kier alpha value is -2.47. The summed E-state index contributed by atoms with van der Waals surface area (Å²) in [4.78, 5) is 22.3. The van der Waals surface area contributed by atoms with E-state index in [0.717, 1.165) is 24.8 Å². The third kappa shape index (κ3) is 4.14. The average molecular weight is 340 g/mol. The zero-order valence-electron chi connectivity index (χ0n) is 14.4. The molecule has 1 saturated heterocycles. The average Bonchev–Trinajstić information content (AvgIpc) is 2.67. The molecule has 6 heteroatoms. The maximum Gasteiger partial charge on any atom is 0.274 e. The monoisotopic (exact) mass is 340 g/mol. The van der Waals surface area contributed by atoms with Crippen molar-refractivity contribution in [2.75, 3.05) is 13.1 Å². The Morgan fingerprint density at radius 2 is 2.08 bits per heavy atom. The summed E-state index contributed by atoms with van der Waals surface area (Å²) < 4.78 is 0. The van der Waals surface area contributed by atoms with Crippen molar-refractivity contribution in [2.24, 2.45) is 0 Å². The molecule has 0 bridgehead atoms. The molecular formula is C19H24N4O2.